The molecule has 0 saturated carbocycles. The van der Waals surface area contributed by atoms with Crippen molar-refractivity contribution >= 4 is 28.4 Å². The SMILES string of the molecule is Cc1cc2ncnn2cc1Nc1ncc2c(n1)n([C@@H]1CCN(C3COC3)CC1(F)F)c(=O)n2C. The fourth-order valence-corrected chi connectivity index (χ4v) is 4.70. The molecule has 178 valence electrons. The quantitative estimate of drug-likeness (QED) is 0.477. The maximum Gasteiger partial charge on any atom is 0.330 e. The van der Waals surface area contributed by atoms with E-state index < -0.39 is 24.2 Å². The van der Waals surface area contributed by atoms with E-state index in [9.17, 15) is 4.79 Å². The van der Waals surface area contributed by atoms with Gasteiger partial charge in [-0.15, -0.1) is 0 Å². The molecule has 11 nitrogen and oxygen atoms in total. The number of nitrogens with zero attached hydrogens (tertiary/aromatic N) is 8. The van der Waals surface area contributed by atoms with Gasteiger partial charge in [-0.1, -0.05) is 0 Å². The molecule has 6 rings (SSSR count). The van der Waals surface area contributed by atoms with Crippen molar-refractivity contribution in [2.75, 3.05) is 31.6 Å². The number of hydrogen-bond acceptors (Lipinski definition) is 8. The van der Waals surface area contributed by atoms with E-state index >= 15 is 8.78 Å². The summed E-state index contributed by atoms with van der Waals surface area (Å²) in [6, 6.07) is 0.574. The van der Waals surface area contributed by atoms with Crippen molar-refractivity contribution in [1.82, 2.24) is 38.6 Å². The summed E-state index contributed by atoms with van der Waals surface area (Å²) in [5.41, 5.74) is 2.29. The van der Waals surface area contributed by atoms with E-state index in [1.54, 1.807) is 22.7 Å². The van der Waals surface area contributed by atoms with Gasteiger partial charge in [-0.25, -0.2) is 28.1 Å². The van der Waals surface area contributed by atoms with Crippen LogP contribution in [0.3, 0.4) is 0 Å². The normalized spacial score (nSPS) is 21.2. The van der Waals surface area contributed by atoms with Gasteiger partial charge < -0.3 is 10.1 Å². The van der Waals surface area contributed by atoms with E-state index in [2.05, 4.69) is 25.4 Å². The van der Waals surface area contributed by atoms with Gasteiger partial charge in [0.1, 0.15) is 17.9 Å². The molecule has 1 atom stereocenters. The molecule has 0 unspecified atom stereocenters. The Morgan fingerprint density at radius 1 is 1.26 bits per heavy atom. The summed E-state index contributed by atoms with van der Waals surface area (Å²) in [5, 5.41) is 7.25. The van der Waals surface area contributed by atoms with Gasteiger partial charge >= 0.3 is 5.69 Å². The summed E-state index contributed by atoms with van der Waals surface area (Å²) in [5.74, 6) is -2.90. The summed E-state index contributed by atoms with van der Waals surface area (Å²) < 4.78 is 39.9. The largest absolute Gasteiger partial charge is 0.378 e. The molecule has 34 heavy (non-hydrogen) atoms. The van der Waals surface area contributed by atoms with Gasteiger partial charge in [0.2, 0.25) is 5.95 Å². The highest BCUT2D eigenvalue weighted by Crippen LogP contribution is 2.38. The minimum absolute atomic E-state index is 0.0137. The highest BCUT2D eigenvalue weighted by Gasteiger charge is 2.49. The molecule has 2 saturated heterocycles. The molecule has 0 aliphatic carbocycles. The first kappa shape index (κ1) is 21.1. The van der Waals surface area contributed by atoms with Crippen LogP contribution in [0.2, 0.25) is 0 Å². The van der Waals surface area contributed by atoms with Gasteiger partial charge in [-0.2, -0.15) is 10.1 Å². The van der Waals surface area contributed by atoms with Crippen molar-refractivity contribution in [2.24, 2.45) is 7.05 Å². The van der Waals surface area contributed by atoms with Crippen LogP contribution < -0.4 is 11.0 Å². The number of likely N-dealkylation sites (tertiary alicyclic amines) is 1. The van der Waals surface area contributed by atoms with E-state index in [-0.39, 0.29) is 24.1 Å². The summed E-state index contributed by atoms with van der Waals surface area (Å²) in [6.45, 7) is 2.88. The topological polar surface area (TPSA) is 107 Å². The molecule has 0 bridgehead atoms. The number of pyridine rings is 1. The van der Waals surface area contributed by atoms with Gasteiger partial charge in [-0.05, 0) is 25.0 Å². The first-order valence-corrected chi connectivity index (χ1v) is 11.0. The second kappa shape index (κ2) is 7.53. The Kier molecular flexibility index (Phi) is 4.68. The van der Waals surface area contributed by atoms with Gasteiger partial charge in [0.25, 0.3) is 5.92 Å². The van der Waals surface area contributed by atoms with Crippen LogP contribution in [-0.4, -0.2) is 76.9 Å². The Labute approximate surface area is 192 Å². The molecular formula is C21H23F2N9O2. The molecular weight excluding hydrogens is 448 g/mol. The van der Waals surface area contributed by atoms with Crippen molar-refractivity contribution in [3.05, 3.63) is 40.8 Å². The summed E-state index contributed by atoms with van der Waals surface area (Å²) in [7, 11) is 1.54. The number of halogens is 2. The molecule has 2 fully saturated rings. The number of rotatable bonds is 4. The highest BCUT2D eigenvalue weighted by atomic mass is 19.3. The van der Waals surface area contributed by atoms with E-state index in [0.29, 0.717) is 36.6 Å². The molecule has 13 heteroatoms. The van der Waals surface area contributed by atoms with Crippen LogP contribution in [0, 0.1) is 6.92 Å². The zero-order chi connectivity index (χ0) is 23.6. The van der Waals surface area contributed by atoms with Crippen LogP contribution in [-0.2, 0) is 11.8 Å². The van der Waals surface area contributed by atoms with Crippen molar-refractivity contribution < 1.29 is 13.5 Å². The lowest BCUT2D eigenvalue weighted by Crippen LogP contribution is -2.58. The number of alkyl halides is 2. The molecule has 2 aliphatic rings. The maximum atomic E-state index is 15.3. The number of imidazole rings is 1. The number of anilines is 2. The third kappa shape index (κ3) is 3.26. The van der Waals surface area contributed by atoms with Gasteiger partial charge in [0.05, 0.1) is 43.9 Å². The lowest BCUT2D eigenvalue weighted by Gasteiger charge is -2.44. The third-order valence-corrected chi connectivity index (χ3v) is 6.74. The summed E-state index contributed by atoms with van der Waals surface area (Å²) in [6.07, 6.45) is 4.81. The van der Waals surface area contributed by atoms with Crippen molar-refractivity contribution in [3.63, 3.8) is 0 Å². The van der Waals surface area contributed by atoms with Gasteiger partial charge in [0.15, 0.2) is 11.3 Å². The molecule has 0 spiro atoms. The van der Waals surface area contributed by atoms with Crippen molar-refractivity contribution in [1.29, 1.82) is 0 Å². The minimum atomic E-state index is -3.10. The smallest absolute Gasteiger partial charge is 0.330 e. The molecule has 0 aromatic carbocycles. The Balaban J connectivity index is 1.38. The predicted octanol–water partition coefficient (Wildman–Crippen LogP) is 1.51. The lowest BCUT2D eigenvalue weighted by atomic mass is 9.98. The van der Waals surface area contributed by atoms with E-state index in [4.69, 9.17) is 4.74 Å². The summed E-state index contributed by atoms with van der Waals surface area (Å²) in [4.78, 5) is 27.8. The lowest BCUT2D eigenvalue weighted by molar-refractivity contribution is -0.148. The Bertz CT molecular complexity index is 1460. The number of aromatic nitrogens is 7. The molecule has 4 aromatic rings. The zero-order valence-electron chi connectivity index (χ0n) is 18.6. The molecule has 6 heterocycles. The van der Waals surface area contributed by atoms with E-state index in [1.165, 1.54) is 17.1 Å². The average Bonchev–Trinajstić information content (AvgIpc) is 3.29. The first-order chi connectivity index (χ1) is 16.3. The summed E-state index contributed by atoms with van der Waals surface area (Å²) >= 11 is 0. The Morgan fingerprint density at radius 2 is 2.09 bits per heavy atom. The van der Waals surface area contributed by atoms with Crippen LogP contribution in [0.15, 0.2) is 29.6 Å². The maximum absolute atomic E-state index is 15.3. The number of piperidine rings is 1. The molecule has 0 amide bonds. The number of ether oxygens (including phenoxy) is 1. The molecule has 1 N–H and O–H groups in total. The second-order valence-corrected chi connectivity index (χ2v) is 8.90. The minimum Gasteiger partial charge on any atom is -0.378 e. The zero-order valence-corrected chi connectivity index (χ0v) is 18.6. The third-order valence-electron chi connectivity index (χ3n) is 6.74. The monoisotopic (exact) mass is 471 g/mol. The van der Waals surface area contributed by atoms with Gasteiger partial charge in [0, 0.05) is 13.6 Å². The number of aryl methyl sites for hydroxylation is 2. The molecule has 0 radical (unpaired) electrons. The molecule has 2 aliphatic heterocycles. The van der Waals surface area contributed by atoms with Crippen LogP contribution in [0.25, 0.3) is 16.8 Å². The van der Waals surface area contributed by atoms with Crippen molar-refractivity contribution in [2.45, 2.75) is 31.4 Å². The fourth-order valence-electron chi connectivity index (χ4n) is 4.70. The first-order valence-electron chi connectivity index (χ1n) is 11.0. The Hall–Kier alpha value is -3.45. The average molecular weight is 471 g/mol. The predicted molar refractivity (Wildman–Crippen MR) is 119 cm³/mol. The second-order valence-electron chi connectivity index (χ2n) is 8.90. The van der Waals surface area contributed by atoms with Crippen LogP contribution >= 0.6 is 0 Å². The van der Waals surface area contributed by atoms with E-state index in [0.717, 1.165) is 10.1 Å². The number of fused-ring (bicyclic) bond motifs is 2. The number of hydrogen-bond donors (Lipinski definition) is 1. The number of nitrogens with one attached hydrogen (secondary N) is 1. The van der Waals surface area contributed by atoms with Crippen molar-refractivity contribution in [3.8, 4) is 0 Å². The van der Waals surface area contributed by atoms with E-state index in [1.807, 2.05) is 13.0 Å². The fraction of sp³-hybridized carbons (Fsp3) is 0.476. The Morgan fingerprint density at radius 3 is 2.82 bits per heavy atom. The standard InChI is InChI=1S/C21H23F2N9O2/c1-12-5-17-25-11-26-31(17)7-14(12)27-19-24-6-15-18(28-19)32(20(33)29(15)2)16-3-4-30(10-21(16,22)23)13-8-34-9-13/h5-7,11,13,16H,3-4,8-10H2,1-2H3,(H,24,27,28)/t16-/m1/s1. The highest BCUT2D eigenvalue weighted by molar-refractivity contribution is 5.73. The van der Waals surface area contributed by atoms with Crippen LogP contribution in [0.1, 0.15) is 18.0 Å². The molecule has 4 aromatic heterocycles. The van der Waals surface area contributed by atoms with Gasteiger partial charge in [-0.3, -0.25) is 14.0 Å². The van der Waals surface area contributed by atoms with Crippen LogP contribution in [0.5, 0.6) is 0 Å². The van der Waals surface area contributed by atoms with Crippen LogP contribution in [0.4, 0.5) is 20.4 Å².